The van der Waals surface area contributed by atoms with Crippen molar-refractivity contribution in [2.75, 3.05) is 13.1 Å². The highest BCUT2D eigenvalue weighted by Crippen LogP contribution is 2.26. The molecule has 1 aromatic carbocycles. The van der Waals surface area contributed by atoms with E-state index in [1.165, 1.54) is 18.6 Å². The molecule has 2 aliphatic heterocycles. The fourth-order valence-electron chi connectivity index (χ4n) is 3.26. The topological polar surface area (TPSA) is 32.3 Å². The van der Waals surface area contributed by atoms with E-state index in [-0.39, 0.29) is 11.7 Å². The van der Waals surface area contributed by atoms with Crippen molar-refractivity contribution in [2.24, 2.45) is 0 Å². The maximum atomic E-state index is 12.9. The minimum absolute atomic E-state index is 0.0381. The summed E-state index contributed by atoms with van der Waals surface area (Å²) in [7, 11) is 0. The highest BCUT2D eigenvalue weighted by Gasteiger charge is 2.36. The van der Waals surface area contributed by atoms with Crippen LogP contribution < -0.4 is 5.32 Å². The van der Waals surface area contributed by atoms with Crippen LogP contribution in [-0.2, 0) is 0 Å². The molecule has 2 fully saturated rings. The summed E-state index contributed by atoms with van der Waals surface area (Å²) in [4.78, 5) is 14.5. The molecule has 0 saturated carbocycles. The lowest BCUT2D eigenvalue weighted by molar-refractivity contribution is 0.0711. The minimum Gasteiger partial charge on any atom is -0.334 e. The highest BCUT2D eigenvalue weighted by atomic mass is 19.1. The minimum atomic E-state index is -0.299. The number of nitrogens with zero attached hydrogens (tertiary/aromatic N) is 1. The predicted octanol–water partition coefficient (Wildman–Crippen LogP) is 2.18. The first-order valence-electron chi connectivity index (χ1n) is 7.05. The van der Waals surface area contributed by atoms with Gasteiger partial charge >= 0.3 is 0 Å². The molecule has 2 heterocycles. The van der Waals surface area contributed by atoms with Crippen LogP contribution in [0.2, 0.25) is 0 Å². The number of carbonyl (C=O) groups excluding carboxylic acids is 1. The fraction of sp³-hybridized carbons (Fsp3) is 0.533. The van der Waals surface area contributed by atoms with Crippen molar-refractivity contribution >= 4 is 5.91 Å². The average molecular weight is 262 g/mol. The van der Waals surface area contributed by atoms with E-state index in [9.17, 15) is 9.18 Å². The van der Waals surface area contributed by atoms with Crippen LogP contribution in [0, 0.1) is 5.82 Å². The van der Waals surface area contributed by atoms with Gasteiger partial charge < -0.3 is 10.2 Å². The number of rotatable bonds is 2. The van der Waals surface area contributed by atoms with Crippen molar-refractivity contribution in [3.05, 3.63) is 35.6 Å². The molecule has 2 atom stereocenters. The molecule has 3 nitrogen and oxygen atoms in total. The molecule has 0 aromatic heterocycles. The van der Waals surface area contributed by atoms with Crippen LogP contribution in [0.1, 0.15) is 36.0 Å². The number of hydrogen-bond donors (Lipinski definition) is 1. The van der Waals surface area contributed by atoms with E-state index < -0.39 is 0 Å². The summed E-state index contributed by atoms with van der Waals surface area (Å²) in [6, 6.07) is 6.61. The smallest absolute Gasteiger partial charge is 0.254 e. The number of nitrogens with one attached hydrogen (secondary N) is 1. The van der Waals surface area contributed by atoms with Gasteiger partial charge in [-0.3, -0.25) is 4.79 Å². The Morgan fingerprint density at radius 3 is 2.68 bits per heavy atom. The van der Waals surface area contributed by atoms with Gasteiger partial charge in [-0.2, -0.15) is 0 Å². The second-order valence-corrected chi connectivity index (χ2v) is 5.42. The van der Waals surface area contributed by atoms with Gasteiger partial charge in [0.2, 0.25) is 0 Å². The van der Waals surface area contributed by atoms with E-state index in [4.69, 9.17) is 0 Å². The third-order valence-electron chi connectivity index (χ3n) is 4.21. The molecule has 2 saturated heterocycles. The van der Waals surface area contributed by atoms with E-state index >= 15 is 0 Å². The third kappa shape index (κ3) is 2.50. The first kappa shape index (κ1) is 12.6. The van der Waals surface area contributed by atoms with E-state index in [1.807, 2.05) is 4.90 Å². The number of halogens is 1. The van der Waals surface area contributed by atoms with Crippen molar-refractivity contribution in [1.82, 2.24) is 10.2 Å². The molecule has 1 amide bonds. The van der Waals surface area contributed by atoms with Crippen LogP contribution in [0.4, 0.5) is 4.39 Å². The maximum absolute atomic E-state index is 12.9. The Morgan fingerprint density at radius 1 is 1.21 bits per heavy atom. The molecule has 0 aliphatic carbocycles. The molecule has 2 unspecified atom stereocenters. The Labute approximate surface area is 112 Å². The van der Waals surface area contributed by atoms with Crippen molar-refractivity contribution < 1.29 is 9.18 Å². The quantitative estimate of drug-likeness (QED) is 0.886. The summed E-state index contributed by atoms with van der Waals surface area (Å²) in [6.45, 7) is 1.87. The predicted molar refractivity (Wildman–Crippen MR) is 71.5 cm³/mol. The summed E-state index contributed by atoms with van der Waals surface area (Å²) >= 11 is 0. The van der Waals surface area contributed by atoms with Gasteiger partial charge in [0.15, 0.2) is 0 Å². The van der Waals surface area contributed by atoms with Crippen LogP contribution in [0.25, 0.3) is 0 Å². The maximum Gasteiger partial charge on any atom is 0.254 e. The average Bonchev–Trinajstić information content (AvgIpc) is 3.09. The van der Waals surface area contributed by atoms with Gasteiger partial charge in [-0.25, -0.2) is 4.39 Å². The largest absolute Gasteiger partial charge is 0.334 e. The zero-order valence-corrected chi connectivity index (χ0v) is 10.9. The van der Waals surface area contributed by atoms with Gasteiger partial charge in [0.25, 0.3) is 5.91 Å². The molecule has 0 bridgehead atoms. The summed E-state index contributed by atoms with van der Waals surface area (Å²) in [5.41, 5.74) is 0.589. The molecule has 1 aromatic rings. The lowest BCUT2D eigenvalue weighted by Gasteiger charge is -2.29. The van der Waals surface area contributed by atoms with Crippen molar-refractivity contribution in [3.8, 4) is 0 Å². The molecule has 102 valence electrons. The SMILES string of the molecule is O=C(c1ccc(F)cc1)N1CCCC1C1CCCN1. The standard InChI is InChI=1S/C15H19FN2O/c16-12-7-5-11(6-8-12)15(19)18-10-2-4-14(18)13-3-1-9-17-13/h5-8,13-14,17H,1-4,9-10H2. The Kier molecular flexibility index (Phi) is 3.51. The summed E-state index contributed by atoms with van der Waals surface area (Å²) in [5, 5.41) is 3.49. The molecular weight excluding hydrogens is 243 g/mol. The van der Waals surface area contributed by atoms with Crippen molar-refractivity contribution in [2.45, 2.75) is 37.8 Å². The van der Waals surface area contributed by atoms with Crippen LogP contribution in [0.15, 0.2) is 24.3 Å². The Morgan fingerprint density at radius 2 is 2.00 bits per heavy atom. The van der Waals surface area contributed by atoms with Gasteiger partial charge in [-0.1, -0.05) is 0 Å². The summed E-state index contributed by atoms with van der Waals surface area (Å²) in [5.74, 6) is -0.261. The number of carbonyl (C=O) groups is 1. The molecule has 0 radical (unpaired) electrons. The number of likely N-dealkylation sites (tertiary alicyclic amines) is 1. The number of benzene rings is 1. The van der Waals surface area contributed by atoms with E-state index in [0.29, 0.717) is 17.6 Å². The molecule has 0 spiro atoms. The summed E-state index contributed by atoms with van der Waals surface area (Å²) in [6.07, 6.45) is 4.48. The van der Waals surface area contributed by atoms with E-state index in [2.05, 4.69) is 5.32 Å². The lowest BCUT2D eigenvalue weighted by atomic mass is 10.0. The monoisotopic (exact) mass is 262 g/mol. The van der Waals surface area contributed by atoms with E-state index in [1.54, 1.807) is 12.1 Å². The van der Waals surface area contributed by atoms with Gasteiger partial charge in [0.1, 0.15) is 5.82 Å². The zero-order chi connectivity index (χ0) is 13.2. The second-order valence-electron chi connectivity index (χ2n) is 5.42. The van der Waals surface area contributed by atoms with Crippen molar-refractivity contribution in [3.63, 3.8) is 0 Å². The van der Waals surface area contributed by atoms with Crippen LogP contribution in [0.5, 0.6) is 0 Å². The zero-order valence-electron chi connectivity index (χ0n) is 10.9. The molecular formula is C15H19FN2O. The Bertz CT molecular complexity index is 454. The lowest BCUT2D eigenvalue weighted by Crippen LogP contribution is -2.46. The van der Waals surface area contributed by atoms with Crippen molar-refractivity contribution in [1.29, 1.82) is 0 Å². The normalized spacial score (nSPS) is 26.9. The third-order valence-corrected chi connectivity index (χ3v) is 4.21. The van der Waals surface area contributed by atoms with Crippen LogP contribution >= 0.6 is 0 Å². The van der Waals surface area contributed by atoms with Crippen LogP contribution in [0.3, 0.4) is 0 Å². The first-order chi connectivity index (χ1) is 9.25. The molecule has 3 rings (SSSR count). The molecule has 19 heavy (non-hydrogen) atoms. The van der Waals surface area contributed by atoms with Gasteiger partial charge in [-0.05, 0) is 56.5 Å². The molecule has 1 N–H and O–H groups in total. The Hall–Kier alpha value is -1.42. The van der Waals surface area contributed by atoms with E-state index in [0.717, 1.165) is 32.4 Å². The summed E-state index contributed by atoms with van der Waals surface area (Å²) < 4.78 is 12.9. The first-order valence-corrected chi connectivity index (χ1v) is 7.05. The van der Waals surface area contributed by atoms with Gasteiger partial charge in [0, 0.05) is 24.2 Å². The number of amides is 1. The fourth-order valence-corrected chi connectivity index (χ4v) is 3.26. The Balaban J connectivity index is 1.76. The highest BCUT2D eigenvalue weighted by molar-refractivity contribution is 5.94. The molecule has 4 heteroatoms. The number of hydrogen-bond acceptors (Lipinski definition) is 2. The second kappa shape index (κ2) is 5.29. The molecule has 2 aliphatic rings. The van der Waals surface area contributed by atoms with Gasteiger partial charge in [-0.15, -0.1) is 0 Å². The van der Waals surface area contributed by atoms with Crippen LogP contribution in [-0.4, -0.2) is 36.0 Å². The van der Waals surface area contributed by atoms with Gasteiger partial charge in [0.05, 0.1) is 0 Å².